The van der Waals surface area contributed by atoms with Gasteiger partial charge in [-0.1, -0.05) is 6.07 Å². The summed E-state index contributed by atoms with van der Waals surface area (Å²) in [6.45, 7) is 7.08. The standard InChI is InChI=1S/C15H21NO6/c1-5-21-11-8-9(6-7-10(11)17)12(13(18)19)16-14(20)22-15(2,3)4/h6-8,12,17H,5H2,1-4H3,(H,16,20)(H,18,19). The smallest absolute Gasteiger partial charge is 0.408 e. The van der Waals surface area contributed by atoms with Crippen LogP contribution < -0.4 is 10.1 Å². The van der Waals surface area contributed by atoms with Crippen molar-refractivity contribution in [2.24, 2.45) is 0 Å². The van der Waals surface area contributed by atoms with Gasteiger partial charge in [-0.05, 0) is 45.4 Å². The fraction of sp³-hybridized carbons (Fsp3) is 0.467. The Hall–Kier alpha value is -2.44. The van der Waals surface area contributed by atoms with Gasteiger partial charge in [0.15, 0.2) is 17.5 Å². The third kappa shape index (κ3) is 5.16. The van der Waals surface area contributed by atoms with Crippen LogP contribution in [0.2, 0.25) is 0 Å². The molecule has 0 aliphatic carbocycles. The van der Waals surface area contributed by atoms with E-state index in [0.717, 1.165) is 0 Å². The molecule has 0 spiro atoms. The maximum absolute atomic E-state index is 11.7. The first-order valence-electron chi connectivity index (χ1n) is 6.82. The van der Waals surface area contributed by atoms with E-state index < -0.39 is 23.7 Å². The molecule has 0 aromatic heterocycles. The van der Waals surface area contributed by atoms with Crippen molar-refractivity contribution in [3.63, 3.8) is 0 Å². The fourth-order valence-corrected chi connectivity index (χ4v) is 1.69. The highest BCUT2D eigenvalue weighted by Crippen LogP contribution is 2.29. The summed E-state index contributed by atoms with van der Waals surface area (Å²) in [5.74, 6) is -1.21. The lowest BCUT2D eigenvalue weighted by Crippen LogP contribution is -2.38. The number of carbonyl (C=O) groups excluding carboxylic acids is 1. The Kier molecular flexibility index (Phi) is 5.62. The van der Waals surface area contributed by atoms with Crippen LogP contribution in [0.5, 0.6) is 11.5 Å². The zero-order valence-corrected chi connectivity index (χ0v) is 13.0. The van der Waals surface area contributed by atoms with Gasteiger partial charge in [0.05, 0.1) is 6.61 Å². The van der Waals surface area contributed by atoms with E-state index in [4.69, 9.17) is 9.47 Å². The van der Waals surface area contributed by atoms with Crippen LogP contribution in [0.3, 0.4) is 0 Å². The van der Waals surface area contributed by atoms with E-state index in [1.807, 2.05) is 0 Å². The van der Waals surface area contributed by atoms with Gasteiger partial charge in [0.25, 0.3) is 0 Å². The summed E-state index contributed by atoms with van der Waals surface area (Å²) in [7, 11) is 0. The number of benzene rings is 1. The van der Waals surface area contributed by atoms with Gasteiger partial charge in [0.2, 0.25) is 0 Å². The number of carboxylic acid groups (broad SMARTS) is 1. The van der Waals surface area contributed by atoms with Crippen LogP contribution in [0.15, 0.2) is 18.2 Å². The minimum Gasteiger partial charge on any atom is -0.504 e. The van der Waals surface area contributed by atoms with Crippen molar-refractivity contribution in [1.29, 1.82) is 0 Å². The maximum Gasteiger partial charge on any atom is 0.408 e. The predicted molar refractivity (Wildman–Crippen MR) is 79.0 cm³/mol. The van der Waals surface area contributed by atoms with Crippen molar-refractivity contribution in [1.82, 2.24) is 5.32 Å². The Balaban J connectivity index is 2.99. The summed E-state index contributed by atoms with van der Waals surface area (Å²) in [6.07, 6.45) is -0.842. The topological polar surface area (TPSA) is 105 Å². The molecule has 7 heteroatoms. The van der Waals surface area contributed by atoms with Crippen molar-refractivity contribution < 1.29 is 29.3 Å². The monoisotopic (exact) mass is 311 g/mol. The number of alkyl carbamates (subject to hydrolysis) is 1. The van der Waals surface area contributed by atoms with Crippen molar-refractivity contribution >= 4 is 12.1 Å². The molecule has 1 amide bonds. The first kappa shape index (κ1) is 17.6. The Morgan fingerprint density at radius 1 is 1.32 bits per heavy atom. The molecule has 122 valence electrons. The number of rotatable bonds is 5. The highest BCUT2D eigenvalue weighted by Gasteiger charge is 2.26. The quantitative estimate of drug-likeness (QED) is 0.771. The summed E-state index contributed by atoms with van der Waals surface area (Å²) in [5, 5.41) is 21.2. The molecule has 1 aromatic rings. The number of carboxylic acids is 1. The SMILES string of the molecule is CCOc1cc(C(NC(=O)OC(C)(C)C)C(=O)O)ccc1O. The number of ether oxygens (including phenoxy) is 2. The van der Waals surface area contributed by atoms with Gasteiger partial charge in [-0.3, -0.25) is 0 Å². The van der Waals surface area contributed by atoms with Crippen LogP contribution in [-0.2, 0) is 9.53 Å². The van der Waals surface area contributed by atoms with E-state index in [9.17, 15) is 19.8 Å². The zero-order valence-electron chi connectivity index (χ0n) is 13.0. The van der Waals surface area contributed by atoms with Gasteiger partial charge in [0, 0.05) is 0 Å². The van der Waals surface area contributed by atoms with Crippen LogP contribution in [0.1, 0.15) is 39.3 Å². The lowest BCUT2D eigenvalue weighted by atomic mass is 10.1. The molecule has 7 nitrogen and oxygen atoms in total. The minimum absolute atomic E-state index is 0.105. The first-order valence-corrected chi connectivity index (χ1v) is 6.82. The second-order valence-corrected chi connectivity index (χ2v) is 5.58. The minimum atomic E-state index is -1.31. The number of aromatic hydroxyl groups is 1. The average Bonchev–Trinajstić information content (AvgIpc) is 2.36. The molecular weight excluding hydrogens is 290 g/mol. The highest BCUT2D eigenvalue weighted by molar-refractivity contribution is 5.81. The van der Waals surface area contributed by atoms with Crippen LogP contribution in [0.4, 0.5) is 4.79 Å². The second-order valence-electron chi connectivity index (χ2n) is 5.58. The van der Waals surface area contributed by atoms with Gasteiger partial charge in [-0.25, -0.2) is 9.59 Å². The Bertz CT molecular complexity index is 549. The van der Waals surface area contributed by atoms with Crippen molar-refractivity contribution in [2.45, 2.75) is 39.3 Å². The van der Waals surface area contributed by atoms with E-state index in [-0.39, 0.29) is 17.1 Å². The van der Waals surface area contributed by atoms with E-state index in [2.05, 4.69) is 5.32 Å². The number of phenolic OH excluding ortho intramolecular Hbond substituents is 1. The number of hydrogen-bond acceptors (Lipinski definition) is 5. The van der Waals surface area contributed by atoms with Gasteiger partial charge in [-0.2, -0.15) is 0 Å². The lowest BCUT2D eigenvalue weighted by molar-refractivity contribution is -0.139. The number of nitrogens with one attached hydrogen (secondary N) is 1. The predicted octanol–water partition coefficient (Wildman–Crippen LogP) is 2.44. The Morgan fingerprint density at radius 3 is 2.45 bits per heavy atom. The van der Waals surface area contributed by atoms with Crippen LogP contribution >= 0.6 is 0 Å². The summed E-state index contributed by atoms with van der Waals surface area (Å²) in [5.41, 5.74) is -0.474. The van der Waals surface area contributed by atoms with Gasteiger partial charge in [0.1, 0.15) is 5.60 Å². The molecule has 0 aliphatic heterocycles. The highest BCUT2D eigenvalue weighted by atomic mass is 16.6. The number of hydrogen-bond donors (Lipinski definition) is 3. The largest absolute Gasteiger partial charge is 0.504 e. The number of aliphatic carboxylic acids is 1. The molecule has 1 rings (SSSR count). The van der Waals surface area contributed by atoms with E-state index in [0.29, 0.717) is 6.61 Å². The van der Waals surface area contributed by atoms with E-state index >= 15 is 0 Å². The zero-order chi connectivity index (χ0) is 16.9. The summed E-state index contributed by atoms with van der Waals surface area (Å²) < 4.78 is 10.3. The summed E-state index contributed by atoms with van der Waals surface area (Å²) >= 11 is 0. The molecule has 0 saturated carbocycles. The molecule has 0 aliphatic rings. The Labute approximate surface area is 128 Å². The molecular formula is C15H21NO6. The molecule has 0 heterocycles. The van der Waals surface area contributed by atoms with Gasteiger partial charge in [-0.15, -0.1) is 0 Å². The van der Waals surface area contributed by atoms with Crippen molar-refractivity contribution in [2.75, 3.05) is 6.61 Å². The Morgan fingerprint density at radius 2 is 1.95 bits per heavy atom. The van der Waals surface area contributed by atoms with Gasteiger partial charge >= 0.3 is 12.1 Å². The molecule has 0 bridgehead atoms. The molecule has 0 radical (unpaired) electrons. The third-order valence-corrected chi connectivity index (χ3v) is 2.53. The van der Waals surface area contributed by atoms with Crippen molar-refractivity contribution in [3.8, 4) is 11.5 Å². The van der Waals surface area contributed by atoms with Gasteiger partial charge < -0.3 is 25.0 Å². The molecule has 1 atom stereocenters. The molecule has 3 N–H and O–H groups in total. The maximum atomic E-state index is 11.7. The van der Waals surface area contributed by atoms with Crippen LogP contribution in [0.25, 0.3) is 0 Å². The lowest BCUT2D eigenvalue weighted by Gasteiger charge is -2.22. The molecule has 0 fully saturated rings. The fourth-order valence-electron chi connectivity index (χ4n) is 1.69. The van der Waals surface area contributed by atoms with Crippen LogP contribution in [-0.4, -0.2) is 34.5 Å². The van der Waals surface area contributed by atoms with Crippen LogP contribution in [0, 0.1) is 0 Å². The molecule has 0 saturated heterocycles. The summed E-state index contributed by atoms with van der Waals surface area (Å²) in [4.78, 5) is 23.1. The molecule has 1 unspecified atom stereocenters. The van der Waals surface area contributed by atoms with E-state index in [1.165, 1.54) is 18.2 Å². The number of amides is 1. The summed E-state index contributed by atoms with van der Waals surface area (Å²) in [6, 6.07) is 2.77. The first-order chi connectivity index (χ1) is 10.1. The molecule has 1 aromatic carbocycles. The van der Waals surface area contributed by atoms with E-state index in [1.54, 1.807) is 27.7 Å². The average molecular weight is 311 g/mol. The third-order valence-electron chi connectivity index (χ3n) is 2.53. The number of carbonyl (C=O) groups is 2. The second kappa shape index (κ2) is 7.02. The number of phenols is 1. The normalized spacial score (nSPS) is 12.4. The van der Waals surface area contributed by atoms with Crippen molar-refractivity contribution in [3.05, 3.63) is 23.8 Å². The molecule has 22 heavy (non-hydrogen) atoms.